The van der Waals surface area contributed by atoms with Gasteiger partial charge in [-0.3, -0.25) is 0 Å². The molecule has 0 saturated carbocycles. The van der Waals surface area contributed by atoms with E-state index in [4.69, 9.17) is 14.7 Å². The molecule has 0 radical (unpaired) electrons. The van der Waals surface area contributed by atoms with Crippen LogP contribution in [0.4, 0.5) is 0 Å². The fourth-order valence-corrected chi connectivity index (χ4v) is 4.34. The van der Waals surface area contributed by atoms with Crippen molar-refractivity contribution in [2.24, 2.45) is 14.1 Å². The van der Waals surface area contributed by atoms with Gasteiger partial charge in [0.05, 0.1) is 22.1 Å². The maximum atomic E-state index is 6.26. The number of ether oxygens (including phenoxy) is 1. The van der Waals surface area contributed by atoms with Crippen LogP contribution in [0.15, 0.2) is 97.1 Å². The molecule has 6 rings (SSSR count). The third kappa shape index (κ3) is 3.34. The molecule has 4 aromatic carbocycles. The van der Waals surface area contributed by atoms with E-state index in [1.807, 2.05) is 86.9 Å². The molecule has 0 aliphatic carbocycles. The van der Waals surface area contributed by atoms with Crippen LogP contribution in [0.3, 0.4) is 0 Å². The highest BCUT2D eigenvalue weighted by Crippen LogP contribution is 2.31. The number of fused-ring (bicyclic) bond motifs is 2. The number of nitrogens with zero attached hydrogens (tertiary/aromatic N) is 4. The Balaban J connectivity index is 1.34. The van der Waals surface area contributed by atoms with Gasteiger partial charge in [-0.1, -0.05) is 48.5 Å². The summed E-state index contributed by atoms with van der Waals surface area (Å²) in [7, 11) is 4.08. The van der Waals surface area contributed by atoms with E-state index in [9.17, 15) is 0 Å². The molecular weight excluding hydrogens is 408 g/mol. The molecule has 2 heterocycles. The fourth-order valence-electron chi connectivity index (χ4n) is 4.34. The minimum Gasteiger partial charge on any atom is -0.457 e. The first-order valence-corrected chi connectivity index (χ1v) is 10.9. The summed E-state index contributed by atoms with van der Waals surface area (Å²) in [6.45, 7) is 0. The van der Waals surface area contributed by atoms with Gasteiger partial charge in [0.1, 0.15) is 23.1 Å². The van der Waals surface area contributed by atoms with Crippen LogP contribution in [0.2, 0.25) is 0 Å². The fraction of sp³-hybridized carbons (Fsp3) is 0.0714. The molecule has 33 heavy (non-hydrogen) atoms. The van der Waals surface area contributed by atoms with Gasteiger partial charge in [0.15, 0.2) is 0 Å². The monoisotopic (exact) mass is 430 g/mol. The number of hydrogen-bond donors (Lipinski definition) is 0. The van der Waals surface area contributed by atoms with E-state index in [1.54, 1.807) is 0 Å². The summed E-state index contributed by atoms with van der Waals surface area (Å²) in [6, 6.07) is 32.4. The van der Waals surface area contributed by atoms with E-state index >= 15 is 0 Å². The van der Waals surface area contributed by atoms with Gasteiger partial charge in [-0.2, -0.15) is 0 Å². The topological polar surface area (TPSA) is 44.9 Å². The normalized spacial score (nSPS) is 11.3. The average Bonchev–Trinajstić information content (AvgIpc) is 3.37. The summed E-state index contributed by atoms with van der Waals surface area (Å²) in [5.41, 5.74) is 6.20. The molecule has 0 unspecified atom stereocenters. The summed E-state index contributed by atoms with van der Waals surface area (Å²) in [6.07, 6.45) is 0. The average molecular weight is 431 g/mol. The van der Waals surface area contributed by atoms with Gasteiger partial charge in [0.2, 0.25) is 0 Å². The van der Waals surface area contributed by atoms with Gasteiger partial charge in [0, 0.05) is 25.2 Å². The molecule has 2 aromatic heterocycles. The molecule has 0 saturated heterocycles. The number of benzene rings is 4. The first kappa shape index (κ1) is 19.3. The molecule has 0 spiro atoms. The van der Waals surface area contributed by atoms with Crippen LogP contribution in [-0.2, 0) is 14.1 Å². The minimum atomic E-state index is 0.765. The van der Waals surface area contributed by atoms with Crippen molar-refractivity contribution in [3.05, 3.63) is 97.1 Å². The first-order valence-electron chi connectivity index (χ1n) is 10.9. The molecule has 5 nitrogen and oxygen atoms in total. The minimum absolute atomic E-state index is 0.765. The summed E-state index contributed by atoms with van der Waals surface area (Å²) < 4.78 is 10.5. The molecule has 0 aliphatic heterocycles. The van der Waals surface area contributed by atoms with Crippen molar-refractivity contribution in [2.45, 2.75) is 0 Å². The Bertz CT molecular complexity index is 1500. The Morgan fingerprint density at radius 1 is 0.545 bits per heavy atom. The van der Waals surface area contributed by atoms with Gasteiger partial charge in [-0.15, -0.1) is 0 Å². The van der Waals surface area contributed by atoms with Crippen molar-refractivity contribution in [1.29, 1.82) is 0 Å². The van der Waals surface area contributed by atoms with E-state index in [0.717, 1.165) is 56.3 Å². The SMILES string of the molecule is Cn1c(-c2cccc(Oc3cccc(-c4nc5ccccc5n4C)c3)c2)nc2ccccc21. The molecule has 160 valence electrons. The van der Waals surface area contributed by atoms with Gasteiger partial charge >= 0.3 is 0 Å². The van der Waals surface area contributed by atoms with E-state index in [2.05, 4.69) is 33.4 Å². The van der Waals surface area contributed by atoms with Gasteiger partial charge in [-0.25, -0.2) is 9.97 Å². The Morgan fingerprint density at radius 2 is 1.00 bits per heavy atom. The standard InChI is InChI=1S/C28H22N4O/c1-31-25-15-5-3-13-23(25)29-27(31)19-9-7-11-21(17-19)33-22-12-8-10-20(18-22)28-30-24-14-4-6-16-26(24)32(28)2/h3-18H,1-2H3. The van der Waals surface area contributed by atoms with Gasteiger partial charge in [-0.05, 0) is 48.5 Å². The van der Waals surface area contributed by atoms with Gasteiger partial charge < -0.3 is 13.9 Å². The number of aromatic nitrogens is 4. The summed E-state index contributed by atoms with van der Waals surface area (Å²) in [4.78, 5) is 9.62. The van der Waals surface area contributed by atoms with E-state index in [0.29, 0.717) is 0 Å². The highest BCUT2D eigenvalue weighted by molar-refractivity contribution is 5.81. The van der Waals surface area contributed by atoms with E-state index < -0.39 is 0 Å². The van der Waals surface area contributed by atoms with Crippen molar-refractivity contribution in [1.82, 2.24) is 19.1 Å². The molecular formula is C28H22N4O. The molecule has 0 amide bonds. The summed E-state index contributed by atoms with van der Waals surface area (Å²) >= 11 is 0. The van der Waals surface area contributed by atoms with Crippen LogP contribution in [0.5, 0.6) is 11.5 Å². The van der Waals surface area contributed by atoms with Crippen molar-refractivity contribution >= 4 is 22.1 Å². The van der Waals surface area contributed by atoms with Crippen molar-refractivity contribution < 1.29 is 4.74 Å². The third-order valence-corrected chi connectivity index (χ3v) is 5.99. The number of imidazole rings is 2. The Hall–Kier alpha value is -4.38. The summed E-state index contributed by atoms with van der Waals surface area (Å²) in [5.74, 6) is 3.36. The zero-order chi connectivity index (χ0) is 22.4. The first-order chi connectivity index (χ1) is 16.2. The predicted octanol–water partition coefficient (Wildman–Crippen LogP) is 6.59. The molecule has 6 aromatic rings. The highest BCUT2D eigenvalue weighted by Gasteiger charge is 2.12. The lowest BCUT2D eigenvalue weighted by molar-refractivity contribution is 0.483. The van der Waals surface area contributed by atoms with Crippen molar-refractivity contribution in [3.8, 4) is 34.3 Å². The van der Waals surface area contributed by atoms with E-state index in [1.165, 1.54) is 0 Å². The van der Waals surface area contributed by atoms with Crippen LogP contribution in [0, 0.1) is 0 Å². The lowest BCUT2D eigenvalue weighted by Gasteiger charge is -2.10. The second-order valence-corrected chi connectivity index (χ2v) is 8.12. The Kier molecular flexibility index (Phi) is 4.47. The number of hydrogen-bond acceptors (Lipinski definition) is 3. The van der Waals surface area contributed by atoms with Crippen LogP contribution < -0.4 is 4.74 Å². The van der Waals surface area contributed by atoms with E-state index in [-0.39, 0.29) is 0 Å². The lowest BCUT2D eigenvalue weighted by Crippen LogP contribution is -1.94. The number of para-hydroxylation sites is 4. The largest absolute Gasteiger partial charge is 0.457 e. The molecule has 0 fully saturated rings. The Morgan fingerprint density at radius 3 is 1.45 bits per heavy atom. The molecule has 0 N–H and O–H groups in total. The van der Waals surface area contributed by atoms with Crippen LogP contribution >= 0.6 is 0 Å². The second kappa shape index (κ2) is 7.64. The van der Waals surface area contributed by atoms with Crippen molar-refractivity contribution in [3.63, 3.8) is 0 Å². The maximum Gasteiger partial charge on any atom is 0.140 e. The molecule has 0 aliphatic rings. The quantitative estimate of drug-likeness (QED) is 0.317. The number of aryl methyl sites for hydroxylation is 2. The Labute approximate surface area is 191 Å². The number of rotatable bonds is 4. The zero-order valence-electron chi connectivity index (χ0n) is 18.4. The maximum absolute atomic E-state index is 6.26. The zero-order valence-corrected chi connectivity index (χ0v) is 18.4. The second-order valence-electron chi connectivity index (χ2n) is 8.12. The third-order valence-electron chi connectivity index (χ3n) is 5.99. The smallest absolute Gasteiger partial charge is 0.140 e. The lowest BCUT2D eigenvalue weighted by atomic mass is 10.2. The van der Waals surface area contributed by atoms with Crippen LogP contribution in [0.1, 0.15) is 0 Å². The van der Waals surface area contributed by atoms with Crippen LogP contribution in [-0.4, -0.2) is 19.1 Å². The molecule has 5 heteroatoms. The molecule has 0 atom stereocenters. The van der Waals surface area contributed by atoms with Gasteiger partial charge in [0.25, 0.3) is 0 Å². The molecule has 0 bridgehead atoms. The van der Waals surface area contributed by atoms with Crippen LogP contribution in [0.25, 0.3) is 44.8 Å². The summed E-state index contributed by atoms with van der Waals surface area (Å²) in [5, 5.41) is 0. The highest BCUT2D eigenvalue weighted by atomic mass is 16.5. The van der Waals surface area contributed by atoms with Crippen molar-refractivity contribution in [2.75, 3.05) is 0 Å². The predicted molar refractivity (Wildman–Crippen MR) is 132 cm³/mol.